The minimum atomic E-state index is -0.145. The van der Waals surface area contributed by atoms with Crippen molar-refractivity contribution >= 4 is 0 Å². The maximum atomic E-state index is 6.16. The molecule has 1 saturated heterocycles. The fraction of sp³-hybridized carbons (Fsp3) is 0.714. The van der Waals surface area contributed by atoms with Crippen molar-refractivity contribution in [1.82, 2.24) is 4.57 Å². The molecule has 1 aliphatic heterocycles. The Hall–Kier alpha value is -0.840. The summed E-state index contributed by atoms with van der Waals surface area (Å²) >= 11 is 0. The lowest BCUT2D eigenvalue weighted by Crippen LogP contribution is -2.37. The Kier molecular flexibility index (Phi) is 3.18. The van der Waals surface area contributed by atoms with Crippen LogP contribution in [0.5, 0.6) is 0 Å². The lowest BCUT2D eigenvalue weighted by molar-refractivity contribution is -0.0299. The molecule has 18 heavy (non-hydrogen) atoms. The molecule has 2 atom stereocenters. The molecule has 0 aromatic carbocycles. The van der Waals surface area contributed by atoms with Gasteiger partial charge in [0.2, 0.25) is 0 Å². The summed E-state index contributed by atoms with van der Waals surface area (Å²) in [7, 11) is 1.79. The molecule has 4 nitrogen and oxygen atoms in total. The predicted molar refractivity (Wildman–Crippen MR) is 69.5 cm³/mol. The standard InChI is InChI=1S/C14H22N2O2/c1-17-14(6-8-18-10-14)9-16-7-5-11-12(15)3-2-4-13(11)16/h5,7,12H,2-4,6,8-10,15H2,1H3. The van der Waals surface area contributed by atoms with Crippen LogP contribution in [0.25, 0.3) is 0 Å². The third-order valence-electron chi connectivity index (χ3n) is 4.40. The van der Waals surface area contributed by atoms with Crippen molar-refractivity contribution in [2.45, 2.75) is 43.9 Å². The first-order valence-electron chi connectivity index (χ1n) is 6.80. The Morgan fingerprint density at radius 1 is 1.61 bits per heavy atom. The van der Waals surface area contributed by atoms with E-state index in [9.17, 15) is 0 Å². The van der Waals surface area contributed by atoms with Crippen LogP contribution >= 0.6 is 0 Å². The zero-order chi connectivity index (χ0) is 12.6. The van der Waals surface area contributed by atoms with E-state index < -0.39 is 0 Å². The molecule has 3 rings (SSSR count). The Bertz CT molecular complexity index is 421. The molecule has 2 unspecified atom stereocenters. The van der Waals surface area contributed by atoms with Gasteiger partial charge in [-0.15, -0.1) is 0 Å². The largest absolute Gasteiger partial charge is 0.378 e. The number of hydrogen-bond donors (Lipinski definition) is 1. The van der Waals surface area contributed by atoms with Gasteiger partial charge in [-0.05, 0) is 30.9 Å². The average Bonchev–Trinajstić information content (AvgIpc) is 2.99. The molecule has 2 aliphatic rings. The molecule has 1 aromatic heterocycles. The summed E-state index contributed by atoms with van der Waals surface area (Å²) in [5.74, 6) is 0. The molecular weight excluding hydrogens is 228 g/mol. The molecule has 1 aliphatic carbocycles. The van der Waals surface area contributed by atoms with Gasteiger partial charge in [0.05, 0.1) is 13.2 Å². The number of ether oxygens (including phenoxy) is 2. The van der Waals surface area contributed by atoms with E-state index in [1.54, 1.807) is 7.11 Å². The summed E-state index contributed by atoms with van der Waals surface area (Å²) in [6.45, 7) is 2.38. The highest BCUT2D eigenvalue weighted by molar-refractivity contribution is 5.28. The highest BCUT2D eigenvalue weighted by atomic mass is 16.5. The van der Waals surface area contributed by atoms with Crippen LogP contribution in [0.4, 0.5) is 0 Å². The molecule has 0 radical (unpaired) electrons. The second kappa shape index (κ2) is 4.68. The smallest absolute Gasteiger partial charge is 0.111 e. The SMILES string of the molecule is COC1(Cn2ccc3c2CCCC3N)CCOC1. The molecular formula is C14H22N2O2. The zero-order valence-electron chi connectivity index (χ0n) is 11.0. The zero-order valence-corrected chi connectivity index (χ0v) is 11.0. The van der Waals surface area contributed by atoms with Crippen LogP contribution in [0, 0.1) is 0 Å². The molecule has 100 valence electrons. The maximum Gasteiger partial charge on any atom is 0.111 e. The Morgan fingerprint density at radius 3 is 3.22 bits per heavy atom. The van der Waals surface area contributed by atoms with Crippen LogP contribution in [0.1, 0.15) is 36.6 Å². The van der Waals surface area contributed by atoms with Crippen molar-refractivity contribution in [3.05, 3.63) is 23.5 Å². The Balaban J connectivity index is 1.85. The molecule has 1 aromatic rings. The van der Waals surface area contributed by atoms with Gasteiger partial charge in [-0.25, -0.2) is 0 Å². The molecule has 2 heterocycles. The summed E-state index contributed by atoms with van der Waals surface area (Å²) in [4.78, 5) is 0. The van der Waals surface area contributed by atoms with Gasteiger partial charge in [0, 0.05) is 38.1 Å². The van der Waals surface area contributed by atoms with Crippen molar-refractivity contribution in [2.24, 2.45) is 5.73 Å². The van der Waals surface area contributed by atoms with Gasteiger partial charge in [0.25, 0.3) is 0 Å². The lowest BCUT2D eigenvalue weighted by Gasteiger charge is -2.29. The summed E-state index contributed by atoms with van der Waals surface area (Å²) in [6, 6.07) is 2.39. The average molecular weight is 250 g/mol. The molecule has 0 spiro atoms. The number of fused-ring (bicyclic) bond motifs is 1. The number of nitrogens with zero attached hydrogens (tertiary/aromatic N) is 1. The first kappa shape index (κ1) is 12.2. The number of hydrogen-bond acceptors (Lipinski definition) is 3. The summed E-state index contributed by atoms with van der Waals surface area (Å²) < 4.78 is 13.5. The van der Waals surface area contributed by atoms with E-state index in [1.807, 2.05) is 0 Å². The quantitative estimate of drug-likeness (QED) is 0.887. The number of methoxy groups -OCH3 is 1. The van der Waals surface area contributed by atoms with Gasteiger partial charge in [-0.2, -0.15) is 0 Å². The van der Waals surface area contributed by atoms with Crippen LogP contribution in [0.2, 0.25) is 0 Å². The van der Waals surface area contributed by atoms with E-state index in [0.29, 0.717) is 6.61 Å². The first-order chi connectivity index (χ1) is 8.74. The third kappa shape index (κ3) is 1.98. The minimum Gasteiger partial charge on any atom is -0.378 e. The first-order valence-corrected chi connectivity index (χ1v) is 6.80. The van der Waals surface area contributed by atoms with Crippen molar-refractivity contribution in [3.63, 3.8) is 0 Å². The van der Waals surface area contributed by atoms with Crippen molar-refractivity contribution < 1.29 is 9.47 Å². The highest BCUT2D eigenvalue weighted by Crippen LogP contribution is 2.31. The summed E-state index contributed by atoms with van der Waals surface area (Å²) in [5.41, 5.74) is 8.74. The fourth-order valence-electron chi connectivity index (χ4n) is 3.19. The number of rotatable bonds is 3. The lowest BCUT2D eigenvalue weighted by atomic mass is 9.93. The van der Waals surface area contributed by atoms with Gasteiger partial charge in [0.15, 0.2) is 0 Å². The van der Waals surface area contributed by atoms with E-state index in [4.69, 9.17) is 15.2 Å². The van der Waals surface area contributed by atoms with Crippen LogP contribution in [0.15, 0.2) is 12.3 Å². The number of aromatic nitrogens is 1. The molecule has 0 amide bonds. The molecule has 0 bridgehead atoms. The minimum absolute atomic E-state index is 0.145. The Labute approximate surface area is 108 Å². The van der Waals surface area contributed by atoms with Crippen molar-refractivity contribution in [1.29, 1.82) is 0 Å². The van der Waals surface area contributed by atoms with Gasteiger partial charge in [-0.3, -0.25) is 0 Å². The molecule has 0 saturated carbocycles. The second-order valence-corrected chi connectivity index (χ2v) is 5.53. The Morgan fingerprint density at radius 2 is 2.50 bits per heavy atom. The van der Waals surface area contributed by atoms with E-state index in [-0.39, 0.29) is 11.6 Å². The van der Waals surface area contributed by atoms with Crippen molar-refractivity contribution in [3.8, 4) is 0 Å². The van der Waals surface area contributed by atoms with Gasteiger partial charge >= 0.3 is 0 Å². The van der Waals surface area contributed by atoms with E-state index in [0.717, 1.165) is 32.4 Å². The van der Waals surface area contributed by atoms with Gasteiger partial charge in [0.1, 0.15) is 5.60 Å². The third-order valence-corrected chi connectivity index (χ3v) is 4.40. The summed E-state index contributed by atoms with van der Waals surface area (Å²) in [6.07, 6.45) is 6.57. The van der Waals surface area contributed by atoms with E-state index in [2.05, 4.69) is 16.8 Å². The molecule has 1 fully saturated rings. The van der Waals surface area contributed by atoms with Gasteiger partial charge in [-0.1, -0.05) is 0 Å². The maximum absolute atomic E-state index is 6.16. The second-order valence-electron chi connectivity index (χ2n) is 5.53. The summed E-state index contributed by atoms with van der Waals surface area (Å²) in [5, 5.41) is 0. The highest BCUT2D eigenvalue weighted by Gasteiger charge is 2.36. The topological polar surface area (TPSA) is 49.4 Å². The van der Waals surface area contributed by atoms with Crippen LogP contribution in [0.3, 0.4) is 0 Å². The van der Waals surface area contributed by atoms with Crippen LogP contribution in [-0.2, 0) is 22.4 Å². The normalized spacial score (nSPS) is 31.6. The predicted octanol–water partition coefficient (Wildman–Crippen LogP) is 1.63. The van der Waals surface area contributed by atoms with Crippen molar-refractivity contribution in [2.75, 3.05) is 20.3 Å². The number of nitrogens with two attached hydrogens (primary N) is 1. The van der Waals surface area contributed by atoms with Crippen LogP contribution in [-0.4, -0.2) is 30.5 Å². The van der Waals surface area contributed by atoms with E-state index >= 15 is 0 Å². The van der Waals surface area contributed by atoms with Gasteiger partial charge < -0.3 is 19.8 Å². The fourth-order valence-corrected chi connectivity index (χ4v) is 3.19. The van der Waals surface area contributed by atoms with Crippen LogP contribution < -0.4 is 5.73 Å². The molecule has 2 N–H and O–H groups in total. The van der Waals surface area contributed by atoms with E-state index in [1.165, 1.54) is 17.7 Å². The monoisotopic (exact) mass is 250 g/mol. The molecule has 4 heteroatoms.